The zero-order valence-corrected chi connectivity index (χ0v) is 12.5. The van der Waals surface area contributed by atoms with E-state index >= 15 is 0 Å². The maximum atomic E-state index is 12.8. The number of rotatable bonds is 3. The first-order valence-corrected chi connectivity index (χ1v) is 6.76. The Hall–Kier alpha value is -1.43. The van der Waals surface area contributed by atoms with E-state index in [4.69, 9.17) is 4.42 Å². The molecule has 0 aliphatic carbocycles. The quantitative estimate of drug-likeness (QED) is 0.788. The number of alkyl halides is 3. The predicted molar refractivity (Wildman–Crippen MR) is 74.6 cm³/mol. The third kappa shape index (κ3) is 3.36. The van der Waals surface area contributed by atoms with Crippen molar-refractivity contribution in [1.82, 2.24) is 0 Å². The van der Waals surface area contributed by atoms with Crippen LogP contribution in [0.4, 0.5) is 18.9 Å². The van der Waals surface area contributed by atoms with Gasteiger partial charge < -0.3 is 9.73 Å². The molecule has 6 heteroatoms. The van der Waals surface area contributed by atoms with Gasteiger partial charge in [-0.1, -0.05) is 6.07 Å². The smallest absolute Gasteiger partial charge is 0.416 e. The van der Waals surface area contributed by atoms with Gasteiger partial charge in [-0.2, -0.15) is 13.2 Å². The molecular formula is C14H13BrF3NO. The van der Waals surface area contributed by atoms with Gasteiger partial charge in [0.25, 0.3) is 0 Å². The molecule has 0 saturated heterocycles. The number of aryl methyl sites for hydroxylation is 1. The van der Waals surface area contributed by atoms with Crippen molar-refractivity contribution in [3.63, 3.8) is 0 Å². The Morgan fingerprint density at radius 3 is 2.45 bits per heavy atom. The molecule has 1 aromatic heterocycles. The summed E-state index contributed by atoms with van der Waals surface area (Å²) >= 11 is 3.19. The van der Waals surface area contributed by atoms with Gasteiger partial charge in [-0.25, -0.2) is 0 Å². The molecule has 2 nitrogen and oxygen atoms in total. The molecule has 0 bridgehead atoms. The van der Waals surface area contributed by atoms with Gasteiger partial charge >= 0.3 is 6.18 Å². The maximum absolute atomic E-state index is 12.8. The lowest BCUT2D eigenvalue weighted by Gasteiger charge is -2.16. The van der Waals surface area contributed by atoms with E-state index in [1.165, 1.54) is 13.0 Å². The first-order chi connectivity index (χ1) is 9.27. The molecule has 2 aromatic rings. The third-order valence-electron chi connectivity index (χ3n) is 2.95. The molecule has 1 unspecified atom stereocenters. The second-order valence-electron chi connectivity index (χ2n) is 4.54. The van der Waals surface area contributed by atoms with E-state index in [1.807, 2.05) is 6.92 Å². The molecule has 0 amide bonds. The van der Waals surface area contributed by atoms with Crippen LogP contribution in [0.1, 0.15) is 29.9 Å². The van der Waals surface area contributed by atoms with Crippen LogP contribution in [-0.4, -0.2) is 0 Å². The minimum atomic E-state index is -4.35. The second kappa shape index (κ2) is 5.52. The number of anilines is 1. The summed E-state index contributed by atoms with van der Waals surface area (Å²) in [6, 6.07) is 7.47. The number of benzene rings is 1. The molecule has 0 aliphatic rings. The minimum absolute atomic E-state index is 0.205. The largest absolute Gasteiger partial charge is 0.452 e. The monoisotopic (exact) mass is 347 g/mol. The normalized spacial score (nSPS) is 13.3. The molecule has 2 rings (SSSR count). The number of furan rings is 1. The van der Waals surface area contributed by atoms with Crippen LogP contribution in [0.2, 0.25) is 0 Å². The molecule has 0 fully saturated rings. The van der Waals surface area contributed by atoms with Gasteiger partial charge in [0.05, 0.1) is 11.6 Å². The number of hydrogen-bond acceptors (Lipinski definition) is 2. The lowest BCUT2D eigenvalue weighted by molar-refractivity contribution is -0.138. The van der Waals surface area contributed by atoms with Gasteiger partial charge in [0.1, 0.15) is 5.76 Å². The molecule has 108 valence electrons. The summed E-state index contributed by atoms with van der Waals surface area (Å²) in [5.41, 5.74) is -0.0188. The van der Waals surface area contributed by atoms with Crippen molar-refractivity contribution in [2.24, 2.45) is 0 Å². The van der Waals surface area contributed by atoms with Crippen molar-refractivity contribution in [2.45, 2.75) is 26.1 Å². The topological polar surface area (TPSA) is 25.2 Å². The Kier molecular flexibility index (Phi) is 4.13. The standard InChI is InChI=1S/C14H13BrF3NO/c1-8-3-4-10(7-11(8)14(16,17)18)19-9(2)12-5-6-13(15)20-12/h3-7,9,19H,1-2H3. The van der Waals surface area contributed by atoms with Gasteiger partial charge in [0.2, 0.25) is 0 Å². The Morgan fingerprint density at radius 1 is 1.20 bits per heavy atom. The summed E-state index contributed by atoms with van der Waals surface area (Å²) in [5, 5.41) is 3.00. The lowest BCUT2D eigenvalue weighted by atomic mass is 10.1. The van der Waals surface area contributed by atoms with E-state index in [2.05, 4.69) is 21.2 Å². The highest BCUT2D eigenvalue weighted by Gasteiger charge is 2.32. The molecule has 1 N–H and O–H groups in total. The highest BCUT2D eigenvalue weighted by atomic mass is 79.9. The summed E-state index contributed by atoms with van der Waals surface area (Å²) < 4.78 is 44.5. The summed E-state index contributed by atoms with van der Waals surface area (Å²) in [5.74, 6) is 0.644. The van der Waals surface area contributed by atoms with Crippen molar-refractivity contribution in [2.75, 3.05) is 5.32 Å². The van der Waals surface area contributed by atoms with Gasteiger partial charge in [-0.3, -0.25) is 0 Å². The van der Waals surface area contributed by atoms with E-state index in [-0.39, 0.29) is 11.6 Å². The van der Waals surface area contributed by atoms with Crippen LogP contribution in [0.15, 0.2) is 39.4 Å². The van der Waals surface area contributed by atoms with Crippen molar-refractivity contribution >= 4 is 21.6 Å². The molecule has 0 saturated carbocycles. The fourth-order valence-electron chi connectivity index (χ4n) is 1.90. The second-order valence-corrected chi connectivity index (χ2v) is 5.32. The van der Waals surface area contributed by atoms with E-state index in [1.54, 1.807) is 18.2 Å². The number of nitrogens with one attached hydrogen (secondary N) is 1. The molecule has 0 aliphatic heterocycles. The highest BCUT2D eigenvalue weighted by molar-refractivity contribution is 9.10. The van der Waals surface area contributed by atoms with E-state index in [9.17, 15) is 13.2 Å². The SMILES string of the molecule is Cc1ccc(NC(C)c2ccc(Br)o2)cc1C(F)(F)F. The van der Waals surface area contributed by atoms with E-state index in [0.29, 0.717) is 16.1 Å². The van der Waals surface area contributed by atoms with Gasteiger partial charge in [-0.15, -0.1) is 0 Å². The summed E-state index contributed by atoms with van der Waals surface area (Å²) in [6.45, 7) is 3.26. The van der Waals surface area contributed by atoms with Crippen LogP contribution in [0.25, 0.3) is 0 Å². The summed E-state index contributed by atoms with van der Waals surface area (Å²) in [7, 11) is 0. The van der Waals surface area contributed by atoms with Crippen molar-refractivity contribution in [3.8, 4) is 0 Å². The summed E-state index contributed by atoms with van der Waals surface area (Å²) in [6.07, 6.45) is -4.35. The average molecular weight is 348 g/mol. The van der Waals surface area contributed by atoms with E-state index < -0.39 is 11.7 Å². The van der Waals surface area contributed by atoms with Crippen LogP contribution in [-0.2, 0) is 6.18 Å². The summed E-state index contributed by atoms with van der Waals surface area (Å²) in [4.78, 5) is 0. The van der Waals surface area contributed by atoms with Crippen molar-refractivity contribution in [3.05, 3.63) is 51.9 Å². The third-order valence-corrected chi connectivity index (χ3v) is 3.37. The molecular weight excluding hydrogens is 335 g/mol. The fourth-order valence-corrected chi connectivity index (χ4v) is 2.22. The lowest BCUT2D eigenvalue weighted by Crippen LogP contribution is -2.10. The molecule has 1 aromatic carbocycles. The first kappa shape index (κ1) is 15.0. The highest BCUT2D eigenvalue weighted by Crippen LogP contribution is 2.34. The molecule has 0 spiro atoms. The molecule has 0 radical (unpaired) electrons. The first-order valence-electron chi connectivity index (χ1n) is 5.97. The van der Waals surface area contributed by atoms with Crippen LogP contribution in [0.5, 0.6) is 0 Å². The van der Waals surface area contributed by atoms with Crippen LogP contribution in [0, 0.1) is 6.92 Å². The van der Waals surface area contributed by atoms with Gasteiger partial charge in [-0.05, 0) is 59.6 Å². The Bertz CT molecular complexity index is 607. The molecule has 1 heterocycles. The van der Waals surface area contributed by atoms with Crippen LogP contribution < -0.4 is 5.32 Å². The van der Waals surface area contributed by atoms with Gasteiger partial charge in [0, 0.05) is 5.69 Å². The minimum Gasteiger partial charge on any atom is -0.452 e. The Balaban J connectivity index is 2.22. The zero-order valence-electron chi connectivity index (χ0n) is 10.9. The van der Waals surface area contributed by atoms with Gasteiger partial charge in [0.15, 0.2) is 4.67 Å². The van der Waals surface area contributed by atoms with Crippen molar-refractivity contribution < 1.29 is 17.6 Å². The zero-order chi connectivity index (χ0) is 14.9. The average Bonchev–Trinajstić information content (AvgIpc) is 2.77. The number of halogens is 4. The Labute approximate surface area is 123 Å². The fraction of sp³-hybridized carbons (Fsp3) is 0.286. The number of hydrogen-bond donors (Lipinski definition) is 1. The molecule has 20 heavy (non-hydrogen) atoms. The predicted octanol–water partition coefficient (Wildman–Crippen LogP) is 5.54. The maximum Gasteiger partial charge on any atom is 0.416 e. The molecule has 1 atom stereocenters. The Morgan fingerprint density at radius 2 is 1.90 bits per heavy atom. The van der Waals surface area contributed by atoms with Crippen molar-refractivity contribution in [1.29, 1.82) is 0 Å². The van der Waals surface area contributed by atoms with Crippen LogP contribution in [0.3, 0.4) is 0 Å². The van der Waals surface area contributed by atoms with E-state index in [0.717, 1.165) is 6.07 Å². The van der Waals surface area contributed by atoms with Crippen LogP contribution >= 0.6 is 15.9 Å².